The lowest BCUT2D eigenvalue weighted by atomic mass is 9.97. The van der Waals surface area contributed by atoms with Crippen LogP contribution >= 0.6 is 34.7 Å². The van der Waals surface area contributed by atoms with Gasteiger partial charge in [0.05, 0.1) is 16.6 Å². The van der Waals surface area contributed by atoms with Crippen molar-refractivity contribution in [3.05, 3.63) is 28.4 Å². The number of anilines is 1. The quantitative estimate of drug-likeness (QED) is 0.300. The van der Waals surface area contributed by atoms with Gasteiger partial charge in [0.2, 0.25) is 5.91 Å². The molecule has 2 aliphatic rings. The number of aromatic nitrogens is 1. The maximum atomic E-state index is 12.2. The van der Waals surface area contributed by atoms with Crippen LogP contribution in [0.15, 0.2) is 22.7 Å². The van der Waals surface area contributed by atoms with E-state index in [4.69, 9.17) is 27.2 Å². The van der Waals surface area contributed by atoms with Gasteiger partial charge in [0.1, 0.15) is 24.8 Å². The highest BCUT2D eigenvalue weighted by atomic mass is 35.5. The van der Waals surface area contributed by atoms with E-state index in [1.54, 1.807) is 5.38 Å². The number of carboxylic acid groups (broad SMARTS) is 1. The van der Waals surface area contributed by atoms with E-state index < -0.39 is 36.2 Å². The second kappa shape index (κ2) is 8.84. The molecule has 1 saturated heterocycles. The molecule has 2 amide bonds. The maximum Gasteiger partial charge on any atom is 0.352 e. The van der Waals surface area contributed by atoms with Crippen LogP contribution in [0, 0.1) is 5.92 Å². The largest absolute Gasteiger partial charge is 0.477 e. The van der Waals surface area contributed by atoms with Crippen LogP contribution < -0.4 is 11.1 Å². The van der Waals surface area contributed by atoms with Crippen LogP contribution in [-0.4, -0.2) is 63.0 Å². The molecule has 4 N–H and O–H groups in total. The molecular weight excluding hydrogens is 444 g/mol. The second-order valence-corrected chi connectivity index (χ2v) is 8.15. The van der Waals surface area contributed by atoms with E-state index in [0.29, 0.717) is 5.75 Å². The normalized spacial score (nSPS) is 21.0. The molecule has 2 aliphatic heterocycles. The average Bonchev–Trinajstić information content (AvgIpc) is 3.11. The summed E-state index contributed by atoms with van der Waals surface area (Å²) in [7, 11) is 0. The van der Waals surface area contributed by atoms with Crippen molar-refractivity contribution < 1.29 is 29.0 Å². The van der Waals surface area contributed by atoms with E-state index in [2.05, 4.69) is 10.3 Å². The summed E-state index contributed by atoms with van der Waals surface area (Å²) in [6.07, 6.45) is 1.47. The van der Waals surface area contributed by atoms with E-state index in [1.165, 1.54) is 22.7 Å². The number of halogens is 1. The van der Waals surface area contributed by atoms with Crippen molar-refractivity contribution in [1.29, 1.82) is 0 Å². The number of fused-ring (bicyclic) bond motifs is 1. The van der Waals surface area contributed by atoms with Gasteiger partial charge >= 0.3 is 11.9 Å². The van der Waals surface area contributed by atoms with Crippen LogP contribution in [0.2, 0.25) is 0 Å². The number of nitrogens with two attached hydrogens (primary N) is 1. The summed E-state index contributed by atoms with van der Waals surface area (Å²) < 4.78 is 5.07. The van der Waals surface area contributed by atoms with Gasteiger partial charge in [0.15, 0.2) is 5.13 Å². The highest BCUT2D eigenvalue weighted by molar-refractivity contribution is 8.00. The molecule has 0 saturated carbocycles. The molecule has 2 atom stereocenters. The molecule has 1 aromatic rings. The average molecular weight is 459 g/mol. The zero-order valence-corrected chi connectivity index (χ0v) is 17.1. The number of β-lactam (4-membered cyclic amide) rings is 1. The van der Waals surface area contributed by atoms with Gasteiger partial charge in [-0.05, 0) is 6.08 Å². The molecule has 0 aromatic carbocycles. The maximum absolute atomic E-state index is 12.2. The van der Waals surface area contributed by atoms with Crippen molar-refractivity contribution in [2.45, 2.75) is 5.37 Å². The molecule has 0 bridgehead atoms. The Balaban J connectivity index is 1.47. The van der Waals surface area contributed by atoms with Gasteiger partial charge in [-0.25, -0.2) is 9.78 Å². The highest BCUT2D eigenvalue weighted by Crippen LogP contribution is 2.41. The number of esters is 1. The smallest absolute Gasteiger partial charge is 0.352 e. The SMILES string of the molecule is Nc1nc(/C(=C\Cl)C(=O)NCC(=O)OCC2C(=O)N3C(C(=O)O)=CCS[C@H]23)cs1. The molecule has 1 aromatic heterocycles. The number of nitrogens with one attached hydrogen (secondary N) is 1. The first-order valence-corrected chi connectivity index (χ1v) is 10.5. The Hall–Kier alpha value is -2.57. The van der Waals surface area contributed by atoms with Crippen LogP contribution in [0.4, 0.5) is 5.13 Å². The predicted octanol–water partition coefficient (Wildman–Crippen LogP) is 0.464. The van der Waals surface area contributed by atoms with Crippen molar-refractivity contribution in [1.82, 2.24) is 15.2 Å². The lowest BCUT2D eigenvalue weighted by Gasteiger charge is -2.47. The summed E-state index contributed by atoms with van der Waals surface area (Å²) in [5, 5.41) is 12.9. The minimum absolute atomic E-state index is 0.0452. The molecule has 13 heteroatoms. The standard InChI is InChI=1S/C16H15ClN4O6S2/c17-3-7(9-6-29-16(18)20-9)12(23)19-4-11(22)27-5-8-13(24)21-10(15(25)26)1-2-28-14(8)21/h1,3,6,8,14H,2,4-5H2,(H2,18,20)(H,19,23)(H,25,26)/b7-3+/t8?,14-/m1/s1. The minimum Gasteiger partial charge on any atom is -0.477 e. The van der Waals surface area contributed by atoms with Gasteiger partial charge in [-0.3, -0.25) is 19.3 Å². The molecule has 0 radical (unpaired) electrons. The van der Waals surface area contributed by atoms with Crippen molar-refractivity contribution in [2.24, 2.45) is 5.92 Å². The summed E-state index contributed by atoms with van der Waals surface area (Å²) in [6, 6.07) is 0. The molecule has 1 fully saturated rings. The Bertz CT molecular complexity index is 930. The zero-order valence-electron chi connectivity index (χ0n) is 14.7. The number of hydrogen-bond acceptors (Lipinski definition) is 9. The Morgan fingerprint density at radius 3 is 2.86 bits per heavy atom. The summed E-state index contributed by atoms with van der Waals surface area (Å²) >= 11 is 8.19. The van der Waals surface area contributed by atoms with E-state index in [9.17, 15) is 19.2 Å². The van der Waals surface area contributed by atoms with Crippen LogP contribution in [-0.2, 0) is 23.9 Å². The van der Waals surface area contributed by atoms with Gasteiger partial charge in [-0.1, -0.05) is 11.6 Å². The molecule has 3 rings (SSSR count). The van der Waals surface area contributed by atoms with Crippen molar-refractivity contribution in [3.8, 4) is 0 Å². The Morgan fingerprint density at radius 2 is 2.24 bits per heavy atom. The summed E-state index contributed by atoms with van der Waals surface area (Å²) in [4.78, 5) is 52.6. The van der Waals surface area contributed by atoms with Crippen molar-refractivity contribution in [2.75, 3.05) is 24.6 Å². The molecule has 1 unspecified atom stereocenters. The Morgan fingerprint density at radius 1 is 1.48 bits per heavy atom. The summed E-state index contributed by atoms with van der Waals surface area (Å²) in [5.41, 5.74) is 6.83. The summed E-state index contributed by atoms with van der Waals surface area (Å²) in [6.45, 7) is -0.634. The van der Waals surface area contributed by atoms with Crippen LogP contribution in [0.25, 0.3) is 5.57 Å². The second-order valence-electron chi connectivity index (χ2n) is 5.89. The fourth-order valence-corrected chi connectivity index (χ4v) is 4.77. The molecule has 0 spiro atoms. The van der Waals surface area contributed by atoms with E-state index >= 15 is 0 Å². The number of rotatable bonds is 7. The zero-order chi connectivity index (χ0) is 21.1. The molecule has 3 heterocycles. The van der Waals surface area contributed by atoms with Crippen LogP contribution in [0.3, 0.4) is 0 Å². The highest BCUT2D eigenvalue weighted by Gasteiger charge is 2.52. The van der Waals surface area contributed by atoms with E-state index in [0.717, 1.165) is 16.9 Å². The number of carbonyl (C=O) groups is 4. The minimum atomic E-state index is -1.17. The number of amides is 2. The molecule has 10 nitrogen and oxygen atoms in total. The fraction of sp³-hybridized carbons (Fsp3) is 0.312. The molecule has 0 aliphatic carbocycles. The lowest BCUT2D eigenvalue weighted by molar-refractivity contribution is -0.159. The first-order valence-electron chi connectivity index (χ1n) is 8.17. The monoisotopic (exact) mass is 458 g/mol. The van der Waals surface area contributed by atoms with Crippen molar-refractivity contribution >= 4 is 69.2 Å². The lowest BCUT2D eigenvalue weighted by Crippen LogP contribution is -2.62. The van der Waals surface area contributed by atoms with Crippen LogP contribution in [0.1, 0.15) is 5.69 Å². The van der Waals surface area contributed by atoms with Crippen LogP contribution in [0.5, 0.6) is 0 Å². The number of carboxylic acids is 1. The number of thiazole rings is 1. The topological polar surface area (TPSA) is 152 Å². The van der Waals surface area contributed by atoms with E-state index in [-0.39, 0.29) is 34.1 Å². The number of hydrogen-bond donors (Lipinski definition) is 3. The predicted molar refractivity (Wildman–Crippen MR) is 107 cm³/mol. The number of nitrogen functional groups attached to an aromatic ring is 1. The van der Waals surface area contributed by atoms with Gasteiger partial charge < -0.3 is 20.9 Å². The summed E-state index contributed by atoms with van der Waals surface area (Å²) in [5.74, 6) is -3.14. The Labute approximate surface area is 177 Å². The number of thioether (sulfide) groups is 1. The first kappa shape index (κ1) is 21.1. The number of nitrogens with zero attached hydrogens (tertiary/aromatic N) is 2. The number of carbonyl (C=O) groups excluding carboxylic acids is 3. The Kier molecular flexibility index (Phi) is 6.45. The third kappa shape index (κ3) is 4.38. The molecule has 154 valence electrons. The third-order valence-electron chi connectivity index (χ3n) is 4.14. The number of aliphatic carboxylic acids is 1. The van der Waals surface area contributed by atoms with Gasteiger partial charge in [-0.15, -0.1) is 23.1 Å². The molecular formula is C16H15ClN4O6S2. The number of ether oxygens (including phenoxy) is 1. The first-order chi connectivity index (χ1) is 13.8. The van der Waals surface area contributed by atoms with Gasteiger partial charge in [0.25, 0.3) is 5.91 Å². The van der Waals surface area contributed by atoms with Gasteiger partial charge in [0, 0.05) is 16.7 Å². The van der Waals surface area contributed by atoms with Crippen molar-refractivity contribution in [3.63, 3.8) is 0 Å². The van der Waals surface area contributed by atoms with Gasteiger partial charge in [-0.2, -0.15) is 0 Å². The fourth-order valence-electron chi connectivity index (χ4n) is 2.75. The van der Waals surface area contributed by atoms with E-state index in [1.807, 2.05) is 0 Å². The molecule has 29 heavy (non-hydrogen) atoms. The third-order valence-corrected chi connectivity index (χ3v) is 6.28.